The first-order valence-corrected chi connectivity index (χ1v) is 5.19. The molecule has 0 atom stereocenters. The zero-order valence-electron chi connectivity index (χ0n) is 10.2. The summed E-state index contributed by atoms with van der Waals surface area (Å²) in [5, 5.41) is 26.3. The van der Waals surface area contributed by atoms with Crippen molar-refractivity contribution in [3.05, 3.63) is 34.4 Å². The van der Waals surface area contributed by atoms with E-state index < -0.39 is 29.0 Å². The molecule has 0 fully saturated rings. The first-order valence-electron chi connectivity index (χ1n) is 5.19. The van der Waals surface area contributed by atoms with E-state index in [4.69, 9.17) is 15.3 Å². The number of hydrogen-bond donors (Lipinski definition) is 3. The lowest BCUT2D eigenvalue weighted by Crippen LogP contribution is -2.12. The van der Waals surface area contributed by atoms with E-state index >= 15 is 0 Å². The van der Waals surface area contributed by atoms with Crippen LogP contribution in [0, 0.1) is 6.92 Å². The number of benzene rings is 1. The third-order valence-electron chi connectivity index (χ3n) is 2.06. The first-order chi connectivity index (χ1) is 8.34. The summed E-state index contributed by atoms with van der Waals surface area (Å²) in [5.41, 5.74) is -0.970. The van der Waals surface area contributed by atoms with Gasteiger partial charge in [-0.05, 0) is 24.6 Å². The number of aromatic carboxylic acids is 3. The molecule has 0 unspecified atom stereocenters. The van der Waals surface area contributed by atoms with Crippen molar-refractivity contribution in [3.8, 4) is 0 Å². The fourth-order valence-electron chi connectivity index (χ4n) is 1.29. The summed E-state index contributed by atoms with van der Waals surface area (Å²) >= 11 is 0. The molecule has 0 spiro atoms. The smallest absolute Gasteiger partial charge is 0.336 e. The summed E-state index contributed by atoms with van der Waals surface area (Å²) in [7, 11) is 0. The predicted octanol–water partition coefficient (Wildman–Crippen LogP) is 2.12. The average Bonchev–Trinajstić information content (AvgIpc) is 2.30. The van der Waals surface area contributed by atoms with Gasteiger partial charge in [0.2, 0.25) is 0 Å². The van der Waals surface area contributed by atoms with Gasteiger partial charge < -0.3 is 15.3 Å². The van der Waals surface area contributed by atoms with Gasteiger partial charge in [0, 0.05) is 0 Å². The molecule has 98 valence electrons. The Labute approximate surface area is 103 Å². The lowest BCUT2D eigenvalue weighted by molar-refractivity contribution is 0.0649. The highest BCUT2D eigenvalue weighted by Gasteiger charge is 2.20. The van der Waals surface area contributed by atoms with E-state index in [1.54, 1.807) is 0 Å². The van der Waals surface area contributed by atoms with E-state index in [0.29, 0.717) is 0 Å². The standard InChI is InChI=1S/C10H8O6.C2H6/c1-4-2-6(9(13)14)7(10(15)16)3-5(4)8(11)12;1-2/h2-3H,1H3,(H,11,12)(H,13,14)(H,15,16);1-2H3. The second-order valence-electron chi connectivity index (χ2n) is 3.13. The van der Waals surface area contributed by atoms with Crippen LogP contribution in [-0.2, 0) is 0 Å². The fraction of sp³-hybridized carbons (Fsp3) is 0.250. The third kappa shape index (κ3) is 3.31. The largest absolute Gasteiger partial charge is 0.478 e. The molecular weight excluding hydrogens is 240 g/mol. The number of carboxylic acids is 3. The van der Waals surface area contributed by atoms with Crippen LogP contribution in [0.1, 0.15) is 50.5 Å². The van der Waals surface area contributed by atoms with Crippen LogP contribution in [0.5, 0.6) is 0 Å². The van der Waals surface area contributed by atoms with Crippen LogP contribution in [0.15, 0.2) is 12.1 Å². The molecule has 3 N–H and O–H groups in total. The molecule has 0 aromatic heterocycles. The van der Waals surface area contributed by atoms with Gasteiger partial charge in [0.25, 0.3) is 0 Å². The Morgan fingerprint density at radius 1 is 0.778 bits per heavy atom. The predicted molar refractivity (Wildman–Crippen MR) is 63.4 cm³/mol. The number of carboxylic acid groups (broad SMARTS) is 3. The van der Waals surface area contributed by atoms with Crippen molar-refractivity contribution in [1.29, 1.82) is 0 Å². The lowest BCUT2D eigenvalue weighted by atomic mass is 9.99. The van der Waals surface area contributed by atoms with Crippen LogP contribution in [0.2, 0.25) is 0 Å². The quantitative estimate of drug-likeness (QED) is 0.761. The third-order valence-corrected chi connectivity index (χ3v) is 2.06. The summed E-state index contributed by atoms with van der Waals surface area (Å²) in [5.74, 6) is -4.17. The number of rotatable bonds is 3. The number of aryl methyl sites for hydroxylation is 1. The fourth-order valence-corrected chi connectivity index (χ4v) is 1.29. The van der Waals surface area contributed by atoms with Crippen molar-refractivity contribution in [2.24, 2.45) is 0 Å². The van der Waals surface area contributed by atoms with Gasteiger partial charge in [-0.1, -0.05) is 13.8 Å². The van der Waals surface area contributed by atoms with Gasteiger partial charge in [0.05, 0.1) is 16.7 Å². The average molecular weight is 254 g/mol. The Morgan fingerprint density at radius 2 is 1.11 bits per heavy atom. The maximum Gasteiger partial charge on any atom is 0.336 e. The normalized spacial score (nSPS) is 9.06. The van der Waals surface area contributed by atoms with Crippen LogP contribution < -0.4 is 0 Å². The summed E-state index contributed by atoms with van der Waals surface area (Å²) in [6.45, 7) is 5.40. The molecule has 0 saturated carbocycles. The highest BCUT2D eigenvalue weighted by molar-refractivity contribution is 6.04. The molecule has 0 amide bonds. The van der Waals surface area contributed by atoms with E-state index in [2.05, 4.69) is 0 Å². The Hall–Kier alpha value is -2.37. The lowest BCUT2D eigenvalue weighted by Gasteiger charge is -2.06. The maximum absolute atomic E-state index is 10.8. The van der Waals surface area contributed by atoms with E-state index in [9.17, 15) is 14.4 Å². The monoisotopic (exact) mass is 254 g/mol. The van der Waals surface area contributed by atoms with Crippen LogP contribution >= 0.6 is 0 Å². The highest BCUT2D eigenvalue weighted by Crippen LogP contribution is 2.17. The zero-order chi connectivity index (χ0) is 14.5. The van der Waals surface area contributed by atoms with Crippen molar-refractivity contribution < 1.29 is 29.7 Å². The number of hydrogen-bond acceptors (Lipinski definition) is 3. The maximum atomic E-state index is 10.8. The summed E-state index contributed by atoms with van der Waals surface area (Å²) in [6.07, 6.45) is 0. The van der Waals surface area contributed by atoms with Crippen LogP contribution in [0.3, 0.4) is 0 Å². The van der Waals surface area contributed by atoms with Crippen LogP contribution in [0.4, 0.5) is 0 Å². The molecule has 0 radical (unpaired) electrons. The van der Waals surface area contributed by atoms with Gasteiger partial charge in [-0.15, -0.1) is 0 Å². The van der Waals surface area contributed by atoms with Crippen molar-refractivity contribution in [3.63, 3.8) is 0 Å². The Morgan fingerprint density at radius 3 is 1.44 bits per heavy atom. The molecule has 18 heavy (non-hydrogen) atoms. The minimum absolute atomic E-state index is 0.204. The van der Waals surface area contributed by atoms with Gasteiger partial charge >= 0.3 is 17.9 Å². The molecule has 1 rings (SSSR count). The molecule has 6 heteroatoms. The van der Waals surface area contributed by atoms with Gasteiger partial charge in [0.1, 0.15) is 0 Å². The van der Waals surface area contributed by atoms with Crippen LogP contribution in [-0.4, -0.2) is 33.2 Å². The molecule has 0 heterocycles. The van der Waals surface area contributed by atoms with E-state index in [-0.39, 0.29) is 11.1 Å². The SMILES string of the molecule is CC.Cc1cc(C(=O)O)c(C(=O)O)cc1C(=O)O. The first kappa shape index (κ1) is 15.6. The van der Waals surface area contributed by atoms with Gasteiger partial charge in [-0.3, -0.25) is 0 Å². The molecule has 0 aliphatic heterocycles. The molecule has 0 bridgehead atoms. The summed E-state index contributed by atoms with van der Waals surface area (Å²) in [4.78, 5) is 32.2. The molecular formula is C12H14O6. The second kappa shape index (κ2) is 6.39. The molecule has 0 aliphatic carbocycles. The van der Waals surface area contributed by atoms with Crippen molar-refractivity contribution in [2.75, 3.05) is 0 Å². The topological polar surface area (TPSA) is 112 Å². The minimum atomic E-state index is -1.47. The molecule has 1 aromatic rings. The van der Waals surface area contributed by atoms with Crippen molar-refractivity contribution in [2.45, 2.75) is 20.8 Å². The number of carbonyl (C=O) groups is 3. The highest BCUT2D eigenvalue weighted by atomic mass is 16.4. The van der Waals surface area contributed by atoms with Crippen LogP contribution in [0.25, 0.3) is 0 Å². The Balaban J connectivity index is 0.00000137. The van der Waals surface area contributed by atoms with E-state index in [1.165, 1.54) is 6.92 Å². The Kier molecular flexibility index (Phi) is 5.55. The van der Waals surface area contributed by atoms with Crippen molar-refractivity contribution >= 4 is 17.9 Å². The van der Waals surface area contributed by atoms with Gasteiger partial charge in [-0.25, -0.2) is 14.4 Å². The van der Waals surface area contributed by atoms with E-state index in [0.717, 1.165) is 12.1 Å². The Bertz CT molecular complexity index is 490. The zero-order valence-corrected chi connectivity index (χ0v) is 10.2. The minimum Gasteiger partial charge on any atom is -0.478 e. The molecule has 0 aliphatic rings. The van der Waals surface area contributed by atoms with E-state index in [1.807, 2.05) is 13.8 Å². The summed E-state index contributed by atoms with van der Waals surface area (Å²) in [6, 6.07) is 1.89. The van der Waals surface area contributed by atoms with Crippen molar-refractivity contribution in [1.82, 2.24) is 0 Å². The summed E-state index contributed by atoms with van der Waals surface area (Å²) < 4.78 is 0. The molecule has 6 nitrogen and oxygen atoms in total. The molecule has 1 aromatic carbocycles. The second-order valence-corrected chi connectivity index (χ2v) is 3.13. The molecule has 0 saturated heterocycles. The van der Waals surface area contributed by atoms with Gasteiger partial charge in [0.15, 0.2) is 0 Å². The van der Waals surface area contributed by atoms with Gasteiger partial charge in [-0.2, -0.15) is 0 Å².